The first kappa shape index (κ1) is 13.2. The molecule has 100 valence electrons. The minimum Gasteiger partial charge on any atom is -0.493 e. The summed E-state index contributed by atoms with van der Waals surface area (Å²) in [5, 5.41) is 3.42. The first-order valence-corrected chi connectivity index (χ1v) is 6.13. The van der Waals surface area contributed by atoms with Crippen LogP contribution in [0.3, 0.4) is 0 Å². The van der Waals surface area contributed by atoms with Gasteiger partial charge in [0.25, 0.3) is 0 Å². The summed E-state index contributed by atoms with van der Waals surface area (Å²) in [6.07, 6.45) is 3.59. The van der Waals surface area contributed by atoms with Crippen molar-refractivity contribution in [2.24, 2.45) is 0 Å². The van der Waals surface area contributed by atoms with Crippen LogP contribution in [-0.4, -0.2) is 19.2 Å². The molecule has 19 heavy (non-hydrogen) atoms. The minimum absolute atomic E-state index is 0.195. The van der Waals surface area contributed by atoms with E-state index < -0.39 is 0 Å². The number of rotatable bonds is 5. The van der Waals surface area contributed by atoms with Crippen LogP contribution < -0.4 is 14.8 Å². The second-order valence-corrected chi connectivity index (χ2v) is 4.22. The average molecular weight is 258 g/mol. The van der Waals surface area contributed by atoms with E-state index in [-0.39, 0.29) is 6.04 Å². The number of nitrogens with zero attached hydrogens (tertiary/aromatic N) is 1. The van der Waals surface area contributed by atoms with Crippen molar-refractivity contribution >= 4 is 5.69 Å². The van der Waals surface area contributed by atoms with Crippen LogP contribution in [0.1, 0.15) is 18.5 Å². The Morgan fingerprint density at radius 1 is 1.00 bits per heavy atom. The zero-order valence-electron chi connectivity index (χ0n) is 11.4. The summed E-state index contributed by atoms with van der Waals surface area (Å²) >= 11 is 0. The van der Waals surface area contributed by atoms with E-state index in [1.807, 2.05) is 30.3 Å². The van der Waals surface area contributed by atoms with Crippen molar-refractivity contribution in [3.8, 4) is 11.5 Å². The number of anilines is 1. The molecule has 2 aromatic rings. The molecule has 2 rings (SSSR count). The van der Waals surface area contributed by atoms with Gasteiger partial charge in [0.2, 0.25) is 0 Å². The standard InChI is InChI=1S/C15H18N2O2/c1-11(12-6-8-16-9-7-12)17-13-4-5-14(18-2)15(10-13)19-3/h4-11,17H,1-3H3. The fourth-order valence-electron chi connectivity index (χ4n) is 1.91. The molecule has 0 spiro atoms. The molecule has 1 unspecified atom stereocenters. The number of nitrogens with one attached hydrogen (secondary N) is 1. The highest BCUT2D eigenvalue weighted by Crippen LogP contribution is 2.31. The predicted molar refractivity (Wildman–Crippen MR) is 75.8 cm³/mol. The zero-order valence-corrected chi connectivity index (χ0v) is 11.4. The minimum atomic E-state index is 0.195. The Bertz CT molecular complexity index is 529. The van der Waals surface area contributed by atoms with E-state index in [1.54, 1.807) is 26.6 Å². The van der Waals surface area contributed by atoms with Crippen molar-refractivity contribution < 1.29 is 9.47 Å². The van der Waals surface area contributed by atoms with E-state index in [1.165, 1.54) is 5.56 Å². The van der Waals surface area contributed by atoms with Gasteiger partial charge in [0, 0.05) is 30.2 Å². The van der Waals surface area contributed by atoms with Crippen molar-refractivity contribution in [2.75, 3.05) is 19.5 Å². The van der Waals surface area contributed by atoms with E-state index >= 15 is 0 Å². The Labute approximate surface area is 113 Å². The van der Waals surface area contributed by atoms with Crippen molar-refractivity contribution in [1.29, 1.82) is 0 Å². The molecule has 0 aliphatic carbocycles. The van der Waals surface area contributed by atoms with Crippen LogP contribution in [0, 0.1) is 0 Å². The van der Waals surface area contributed by atoms with Gasteiger partial charge in [-0.15, -0.1) is 0 Å². The molecule has 0 amide bonds. The first-order valence-electron chi connectivity index (χ1n) is 6.13. The maximum atomic E-state index is 5.29. The van der Waals surface area contributed by atoms with Crippen molar-refractivity contribution in [2.45, 2.75) is 13.0 Å². The van der Waals surface area contributed by atoms with Gasteiger partial charge in [-0.2, -0.15) is 0 Å². The summed E-state index contributed by atoms with van der Waals surface area (Å²) in [4.78, 5) is 4.02. The van der Waals surface area contributed by atoms with E-state index in [4.69, 9.17) is 9.47 Å². The molecule has 0 fully saturated rings. The fourth-order valence-corrected chi connectivity index (χ4v) is 1.91. The lowest BCUT2D eigenvalue weighted by molar-refractivity contribution is 0.355. The molecule has 0 saturated carbocycles. The van der Waals surface area contributed by atoms with E-state index in [0.717, 1.165) is 17.2 Å². The van der Waals surface area contributed by atoms with E-state index in [2.05, 4.69) is 17.2 Å². The lowest BCUT2D eigenvalue weighted by atomic mass is 10.1. The number of methoxy groups -OCH3 is 2. The van der Waals surface area contributed by atoms with Gasteiger partial charge in [-0.25, -0.2) is 0 Å². The summed E-state index contributed by atoms with van der Waals surface area (Å²) in [6, 6.07) is 9.98. The van der Waals surface area contributed by atoms with Gasteiger partial charge in [-0.3, -0.25) is 4.98 Å². The molecule has 1 atom stereocenters. The van der Waals surface area contributed by atoms with E-state index in [9.17, 15) is 0 Å². The van der Waals surface area contributed by atoms with Gasteiger partial charge in [-0.1, -0.05) is 0 Å². The summed E-state index contributed by atoms with van der Waals surface area (Å²) < 4.78 is 10.5. The highest BCUT2D eigenvalue weighted by atomic mass is 16.5. The molecule has 0 radical (unpaired) electrons. The normalized spacial score (nSPS) is 11.7. The average Bonchev–Trinajstić information content (AvgIpc) is 2.48. The highest BCUT2D eigenvalue weighted by Gasteiger charge is 2.08. The molecule has 1 heterocycles. The van der Waals surface area contributed by atoms with Crippen LogP contribution in [-0.2, 0) is 0 Å². The van der Waals surface area contributed by atoms with Crippen LogP contribution >= 0.6 is 0 Å². The maximum absolute atomic E-state index is 5.29. The second-order valence-electron chi connectivity index (χ2n) is 4.22. The van der Waals surface area contributed by atoms with Gasteiger partial charge >= 0.3 is 0 Å². The predicted octanol–water partition coefficient (Wildman–Crippen LogP) is 3.27. The van der Waals surface area contributed by atoms with Crippen molar-refractivity contribution in [3.63, 3.8) is 0 Å². The Hall–Kier alpha value is -2.23. The smallest absolute Gasteiger partial charge is 0.162 e. The van der Waals surface area contributed by atoms with Gasteiger partial charge < -0.3 is 14.8 Å². The molecule has 0 aliphatic heterocycles. The van der Waals surface area contributed by atoms with Gasteiger partial charge in [0.05, 0.1) is 14.2 Å². The number of hydrogen-bond donors (Lipinski definition) is 1. The Morgan fingerprint density at radius 3 is 2.32 bits per heavy atom. The quantitative estimate of drug-likeness (QED) is 0.893. The Kier molecular flexibility index (Phi) is 4.23. The third kappa shape index (κ3) is 3.16. The van der Waals surface area contributed by atoms with Crippen LogP contribution in [0.2, 0.25) is 0 Å². The van der Waals surface area contributed by atoms with E-state index in [0.29, 0.717) is 0 Å². The third-order valence-electron chi connectivity index (χ3n) is 2.97. The zero-order chi connectivity index (χ0) is 13.7. The molecule has 0 saturated heterocycles. The molecule has 1 aromatic heterocycles. The summed E-state index contributed by atoms with van der Waals surface area (Å²) in [6.45, 7) is 2.10. The molecule has 0 bridgehead atoms. The van der Waals surface area contributed by atoms with Gasteiger partial charge in [-0.05, 0) is 36.8 Å². The van der Waals surface area contributed by atoms with Crippen LogP contribution in [0.25, 0.3) is 0 Å². The fraction of sp³-hybridized carbons (Fsp3) is 0.267. The number of ether oxygens (including phenoxy) is 2. The maximum Gasteiger partial charge on any atom is 0.162 e. The molecular weight excluding hydrogens is 240 g/mol. The molecule has 0 aliphatic rings. The Balaban J connectivity index is 2.15. The van der Waals surface area contributed by atoms with Gasteiger partial charge in [0.1, 0.15) is 0 Å². The highest BCUT2D eigenvalue weighted by molar-refractivity contribution is 5.55. The van der Waals surface area contributed by atoms with Crippen LogP contribution in [0.15, 0.2) is 42.7 Å². The van der Waals surface area contributed by atoms with Crippen molar-refractivity contribution in [3.05, 3.63) is 48.3 Å². The SMILES string of the molecule is COc1ccc(NC(C)c2ccncc2)cc1OC. The Morgan fingerprint density at radius 2 is 1.68 bits per heavy atom. The van der Waals surface area contributed by atoms with Crippen LogP contribution in [0.5, 0.6) is 11.5 Å². The van der Waals surface area contributed by atoms with Gasteiger partial charge in [0.15, 0.2) is 11.5 Å². The first-order chi connectivity index (χ1) is 9.24. The summed E-state index contributed by atoms with van der Waals surface area (Å²) in [5.41, 5.74) is 2.17. The topological polar surface area (TPSA) is 43.4 Å². The second kappa shape index (κ2) is 6.09. The molecule has 4 heteroatoms. The number of benzene rings is 1. The van der Waals surface area contributed by atoms with Crippen LogP contribution in [0.4, 0.5) is 5.69 Å². The summed E-state index contributed by atoms with van der Waals surface area (Å²) in [7, 11) is 3.26. The lowest BCUT2D eigenvalue weighted by Gasteiger charge is -2.17. The number of aromatic nitrogens is 1. The monoisotopic (exact) mass is 258 g/mol. The third-order valence-corrected chi connectivity index (χ3v) is 2.97. The molecule has 1 aromatic carbocycles. The number of hydrogen-bond acceptors (Lipinski definition) is 4. The number of pyridine rings is 1. The molecular formula is C15H18N2O2. The molecule has 1 N–H and O–H groups in total. The largest absolute Gasteiger partial charge is 0.493 e. The summed E-state index contributed by atoms with van der Waals surface area (Å²) in [5.74, 6) is 1.44. The lowest BCUT2D eigenvalue weighted by Crippen LogP contribution is -2.06. The van der Waals surface area contributed by atoms with Crippen molar-refractivity contribution in [1.82, 2.24) is 4.98 Å². The molecule has 4 nitrogen and oxygen atoms in total.